The zero-order chi connectivity index (χ0) is 18.4. The average molecular weight is 364 g/mol. The number of nitro benzene ring substituents is 1. The molecule has 0 radical (unpaired) electrons. The lowest BCUT2D eigenvalue weighted by Gasteiger charge is -2.11. The number of non-ortho nitro benzene ring substituents is 1. The Hall–Kier alpha value is -2.88. The molecule has 132 valence electrons. The van der Waals surface area contributed by atoms with E-state index >= 15 is 0 Å². The SMILES string of the molecule is C=CCN=C1NC(=O)[C@@H](CC(=O)Nc2cc([N+](=O)[O-])ccc2OC)S1. The van der Waals surface area contributed by atoms with Gasteiger partial charge in [0.25, 0.3) is 5.69 Å². The van der Waals surface area contributed by atoms with Gasteiger partial charge in [0.1, 0.15) is 11.0 Å². The van der Waals surface area contributed by atoms with Gasteiger partial charge in [-0.05, 0) is 6.07 Å². The van der Waals surface area contributed by atoms with E-state index in [0.29, 0.717) is 11.7 Å². The fourth-order valence-corrected chi connectivity index (χ4v) is 3.02. The number of nitrogens with one attached hydrogen (secondary N) is 2. The van der Waals surface area contributed by atoms with Crippen molar-refractivity contribution in [2.45, 2.75) is 11.7 Å². The summed E-state index contributed by atoms with van der Waals surface area (Å²) in [4.78, 5) is 38.4. The van der Waals surface area contributed by atoms with Crippen molar-refractivity contribution in [2.24, 2.45) is 4.99 Å². The van der Waals surface area contributed by atoms with Crippen LogP contribution in [0.3, 0.4) is 0 Å². The van der Waals surface area contributed by atoms with Crippen LogP contribution < -0.4 is 15.4 Å². The van der Waals surface area contributed by atoms with Crippen LogP contribution in [0, 0.1) is 10.1 Å². The van der Waals surface area contributed by atoms with Gasteiger partial charge in [-0.2, -0.15) is 0 Å². The number of methoxy groups -OCH3 is 1. The van der Waals surface area contributed by atoms with E-state index in [1.54, 1.807) is 6.08 Å². The Balaban J connectivity index is 2.05. The Bertz CT molecular complexity index is 749. The van der Waals surface area contributed by atoms with E-state index in [-0.39, 0.29) is 29.5 Å². The molecule has 9 nitrogen and oxygen atoms in total. The van der Waals surface area contributed by atoms with Crippen molar-refractivity contribution in [2.75, 3.05) is 19.0 Å². The Kier molecular flexibility index (Phi) is 6.12. The number of thioether (sulfide) groups is 1. The first-order chi connectivity index (χ1) is 11.9. The molecule has 1 saturated heterocycles. The van der Waals surface area contributed by atoms with Crippen molar-refractivity contribution in [1.29, 1.82) is 0 Å². The number of amidine groups is 1. The van der Waals surface area contributed by atoms with Crippen molar-refractivity contribution >= 4 is 40.1 Å². The smallest absolute Gasteiger partial charge is 0.271 e. The molecule has 1 atom stereocenters. The summed E-state index contributed by atoms with van der Waals surface area (Å²) in [6.45, 7) is 3.91. The predicted octanol–water partition coefficient (Wildman–Crippen LogP) is 1.71. The average Bonchev–Trinajstić information content (AvgIpc) is 2.92. The van der Waals surface area contributed by atoms with Gasteiger partial charge in [-0.1, -0.05) is 17.8 Å². The summed E-state index contributed by atoms with van der Waals surface area (Å²) in [6, 6.07) is 3.87. The van der Waals surface area contributed by atoms with Gasteiger partial charge in [0.05, 0.1) is 24.3 Å². The molecule has 0 bridgehead atoms. The summed E-state index contributed by atoms with van der Waals surface area (Å²) in [6.07, 6.45) is 1.49. The summed E-state index contributed by atoms with van der Waals surface area (Å²) in [5.74, 6) is -0.485. The highest BCUT2D eigenvalue weighted by molar-refractivity contribution is 8.15. The highest BCUT2D eigenvalue weighted by Crippen LogP contribution is 2.30. The van der Waals surface area contributed by atoms with E-state index < -0.39 is 16.1 Å². The first-order valence-corrected chi connectivity index (χ1v) is 8.07. The van der Waals surface area contributed by atoms with Crippen LogP contribution in [0.1, 0.15) is 6.42 Å². The summed E-state index contributed by atoms with van der Waals surface area (Å²) in [7, 11) is 1.39. The largest absolute Gasteiger partial charge is 0.495 e. The molecule has 0 spiro atoms. The van der Waals surface area contributed by atoms with Crippen LogP contribution in [0.5, 0.6) is 5.75 Å². The number of hydrogen-bond acceptors (Lipinski definition) is 7. The minimum absolute atomic E-state index is 0.102. The molecule has 1 aromatic carbocycles. The maximum atomic E-state index is 12.2. The van der Waals surface area contributed by atoms with Gasteiger partial charge in [0.15, 0.2) is 5.17 Å². The molecular formula is C15H16N4O5S. The number of carbonyl (C=O) groups is 2. The van der Waals surface area contributed by atoms with Gasteiger partial charge in [0, 0.05) is 18.6 Å². The first-order valence-electron chi connectivity index (χ1n) is 7.19. The third-order valence-electron chi connectivity index (χ3n) is 3.18. The number of amides is 2. The maximum absolute atomic E-state index is 12.2. The third kappa shape index (κ3) is 4.80. The standard InChI is InChI=1S/C15H16N4O5S/c1-3-6-16-15-18-14(21)12(25-15)8-13(20)17-10-7-9(19(22)23)4-5-11(10)24-2/h3-5,7,12H,1,6,8H2,2H3,(H,17,20)(H,16,18,21)/t12-/m1/s1. The van der Waals surface area contributed by atoms with Gasteiger partial charge >= 0.3 is 0 Å². The lowest BCUT2D eigenvalue weighted by atomic mass is 10.2. The molecule has 0 aromatic heterocycles. The van der Waals surface area contributed by atoms with E-state index in [0.717, 1.165) is 11.8 Å². The van der Waals surface area contributed by atoms with Crippen molar-refractivity contribution in [1.82, 2.24) is 5.32 Å². The monoisotopic (exact) mass is 364 g/mol. The number of nitrogens with zero attached hydrogens (tertiary/aromatic N) is 2. The van der Waals surface area contributed by atoms with Crippen molar-refractivity contribution in [3.63, 3.8) is 0 Å². The van der Waals surface area contributed by atoms with Gasteiger partial charge in [-0.15, -0.1) is 6.58 Å². The summed E-state index contributed by atoms with van der Waals surface area (Å²) >= 11 is 1.16. The van der Waals surface area contributed by atoms with Gasteiger partial charge in [-0.3, -0.25) is 24.7 Å². The van der Waals surface area contributed by atoms with Gasteiger partial charge in [-0.25, -0.2) is 0 Å². The third-order valence-corrected chi connectivity index (χ3v) is 4.30. The van der Waals surface area contributed by atoms with E-state index in [9.17, 15) is 19.7 Å². The number of carbonyl (C=O) groups excluding carboxylic acids is 2. The zero-order valence-electron chi connectivity index (χ0n) is 13.4. The minimum Gasteiger partial charge on any atom is -0.495 e. The zero-order valence-corrected chi connectivity index (χ0v) is 14.2. The maximum Gasteiger partial charge on any atom is 0.271 e. The lowest BCUT2D eigenvalue weighted by Crippen LogP contribution is -2.28. The fraction of sp³-hybridized carbons (Fsp3) is 0.267. The first kappa shape index (κ1) is 18.5. The Morgan fingerprint density at radius 3 is 3.00 bits per heavy atom. The minimum atomic E-state index is -0.617. The second-order valence-corrected chi connectivity index (χ2v) is 6.12. The molecule has 2 N–H and O–H groups in total. The Morgan fingerprint density at radius 1 is 1.60 bits per heavy atom. The molecule has 0 aliphatic carbocycles. The fourth-order valence-electron chi connectivity index (χ4n) is 2.04. The number of benzene rings is 1. The van der Waals surface area contributed by atoms with E-state index in [1.165, 1.54) is 25.3 Å². The summed E-state index contributed by atoms with van der Waals surface area (Å²) < 4.78 is 5.08. The molecule has 1 aromatic rings. The van der Waals surface area contributed by atoms with Gasteiger partial charge in [0.2, 0.25) is 11.8 Å². The summed E-state index contributed by atoms with van der Waals surface area (Å²) in [5, 5.41) is 15.8. The number of nitro groups is 1. The highest BCUT2D eigenvalue weighted by atomic mass is 32.2. The van der Waals surface area contributed by atoms with Crippen LogP contribution in [-0.2, 0) is 9.59 Å². The molecule has 1 aliphatic rings. The highest BCUT2D eigenvalue weighted by Gasteiger charge is 2.32. The normalized spacial score (nSPS) is 17.9. The second kappa shape index (κ2) is 8.29. The van der Waals surface area contributed by atoms with E-state index in [4.69, 9.17) is 4.74 Å². The molecule has 10 heteroatoms. The second-order valence-electron chi connectivity index (χ2n) is 4.92. The number of rotatable bonds is 7. The number of anilines is 1. The van der Waals surface area contributed by atoms with Crippen LogP contribution >= 0.6 is 11.8 Å². The molecule has 1 fully saturated rings. The molecule has 1 heterocycles. The lowest BCUT2D eigenvalue weighted by molar-refractivity contribution is -0.384. The number of ether oxygens (including phenoxy) is 1. The van der Waals surface area contributed by atoms with Crippen LogP contribution in [0.25, 0.3) is 0 Å². The predicted molar refractivity (Wildman–Crippen MR) is 94.9 cm³/mol. The van der Waals surface area contributed by atoms with Crippen molar-refractivity contribution < 1.29 is 19.2 Å². The van der Waals surface area contributed by atoms with Crippen LogP contribution in [0.4, 0.5) is 11.4 Å². The van der Waals surface area contributed by atoms with Gasteiger partial charge < -0.3 is 15.4 Å². The molecule has 0 unspecified atom stereocenters. The topological polar surface area (TPSA) is 123 Å². The van der Waals surface area contributed by atoms with Crippen LogP contribution in [-0.4, -0.2) is 40.8 Å². The number of aliphatic imine (C=N–C) groups is 1. The molecule has 2 amide bonds. The Labute approximate surface area is 147 Å². The van der Waals surface area contributed by atoms with Crippen molar-refractivity contribution in [3.05, 3.63) is 41.0 Å². The van der Waals surface area contributed by atoms with Crippen LogP contribution in [0.15, 0.2) is 35.8 Å². The van der Waals surface area contributed by atoms with Crippen LogP contribution in [0.2, 0.25) is 0 Å². The van der Waals surface area contributed by atoms with E-state index in [1.807, 2.05) is 0 Å². The Morgan fingerprint density at radius 2 is 2.36 bits per heavy atom. The molecule has 2 rings (SSSR count). The number of hydrogen-bond donors (Lipinski definition) is 2. The quantitative estimate of drug-likeness (QED) is 0.431. The molecule has 1 aliphatic heterocycles. The molecule has 25 heavy (non-hydrogen) atoms. The van der Waals surface area contributed by atoms with Crippen molar-refractivity contribution in [3.8, 4) is 5.75 Å². The molecular weight excluding hydrogens is 348 g/mol. The van der Waals surface area contributed by atoms with E-state index in [2.05, 4.69) is 22.2 Å². The summed E-state index contributed by atoms with van der Waals surface area (Å²) in [5.41, 5.74) is -0.00594. The molecule has 0 saturated carbocycles.